The van der Waals surface area contributed by atoms with Crippen molar-refractivity contribution in [1.29, 1.82) is 0 Å². The molecule has 6 atom stereocenters. The first kappa shape index (κ1) is 17.9. The van der Waals surface area contributed by atoms with Crippen LogP contribution in [0.15, 0.2) is 60.7 Å². The van der Waals surface area contributed by atoms with Crippen molar-refractivity contribution in [2.75, 3.05) is 10.2 Å². The lowest BCUT2D eigenvalue weighted by Crippen LogP contribution is -2.40. The second-order valence-electron chi connectivity index (χ2n) is 8.68. The van der Waals surface area contributed by atoms with Gasteiger partial charge in [-0.3, -0.25) is 14.4 Å². The van der Waals surface area contributed by atoms with Gasteiger partial charge in [0.1, 0.15) is 0 Å². The van der Waals surface area contributed by atoms with E-state index in [1.165, 1.54) is 4.90 Å². The molecule has 0 unspecified atom stereocenters. The minimum atomic E-state index is -0.307. The van der Waals surface area contributed by atoms with Crippen LogP contribution in [-0.4, -0.2) is 17.7 Å². The van der Waals surface area contributed by atoms with Gasteiger partial charge in [0.2, 0.25) is 11.8 Å². The highest BCUT2D eigenvalue weighted by Gasteiger charge is 2.67. The van der Waals surface area contributed by atoms with Crippen LogP contribution in [0.4, 0.5) is 11.4 Å². The number of amides is 3. The zero-order valence-corrected chi connectivity index (χ0v) is 16.8. The molecule has 7 rings (SSSR count). The smallest absolute Gasteiger partial charge is 0.255 e. The first-order valence-electron chi connectivity index (χ1n) is 10.3. The van der Waals surface area contributed by atoms with Crippen molar-refractivity contribution in [3.05, 3.63) is 71.3 Å². The Morgan fingerprint density at radius 2 is 1.57 bits per heavy atom. The zero-order chi connectivity index (χ0) is 20.6. The molecule has 2 bridgehead atoms. The summed E-state index contributed by atoms with van der Waals surface area (Å²) in [7, 11) is 0. The lowest BCUT2D eigenvalue weighted by molar-refractivity contribution is -0.124. The van der Waals surface area contributed by atoms with E-state index in [0.717, 1.165) is 6.42 Å². The molecule has 3 fully saturated rings. The van der Waals surface area contributed by atoms with Gasteiger partial charge in [-0.2, -0.15) is 0 Å². The highest BCUT2D eigenvalue weighted by molar-refractivity contribution is 6.30. The van der Waals surface area contributed by atoms with Gasteiger partial charge in [-0.1, -0.05) is 29.8 Å². The van der Waals surface area contributed by atoms with E-state index in [0.29, 0.717) is 33.8 Å². The number of halogens is 1. The monoisotopic (exact) mass is 418 g/mol. The maximum absolute atomic E-state index is 13.3. The summed E-state index contributed by atoms with van der Waals surface area (Å²) < 4.78 is 0. The molecule has 1 heterocycles. The molecule has 2 aromatic rings. The molecule has 1 saturated heterocycles. The van der Waals surface area contributed by atoms with Crippen LogP contribution in [-0.2, 0) is 9.59 Å². The Balaban J connectivity index is 1.28. The number of hydrogen-bond donors (Lipinski definition) is 1. The number of nitrogens with one attached hydrogen (secondary N) is 1. The number of allylic oxidation sites excluding steroid dienone is 2. The molecule has 6 heteroatoms. The third-order valence-electron chi connectivity index (χ3n) is 7.13. The van der Waals surface area contributed by atoms with E-state index < -0.39 is 0 Å². The van der Waals surface area contributed by atoms with Crippen molar-refractivity contribution in [3.63, 3.8) is 0 Å². The van der Waals surface area contributed by atoms with E-state index in [-0.39, 0.29) is 41.4 Å². The number of anilines is 2. The molecule has 0 spiro atoms. The molecular weight excluding hydrogens is 400 g/mol. The SMILES string of the molecule is O=C(Nc1ccc(Cl)cc1)c1cccc(N2C(=O)[C@H]3[C@@H]4C=C[C@H]([C@H]5C[C@H]45)[C@@H]3C2=O)c1. The Morgan fingerprint density at radius 3 is 2.20 bits per heavy atom. The van der Waals surface area contributed by atoms with Crippen LogP contribution in [0.3, 0.4) is 0 Å². The van der Waals surface area contributed by atoms with Crippen LogP contribution < -0.4 is 10.2 Å². The summed E-state index contributed by atoms with van der Waals surface area (Å²) in [6.07, 6.45) is 5.45. The lowest BCUT2D eigenvalue weighted by Gasteiger charge is -2.37. The van der Waals surface area contributed by atoms with Gasteiger partial charge in [-0.15, -0.1) is 0 Å². The Hall–Kier alpha value is -2.92. The summed E-state index contributed by atoms with van der Waals surface area (Å²) in [4.78, 5) is 40.5. The van der Waals surface area contributed by atoms with Crippen molar-refractivity contribution >= 4 is 40.7 Å². The van der Waals surface area contributed by atoms with Gasteiger partial charge >= 0.3 is 0 Å². The molecule has 1 aliphatic heterocycles. The number of benzene rings is 2. The molecule has 0 aromatic heterocycles. The molecule has 1 N–H and O–H groups in total. The third-order valence-corrected chi connectivity index (χ3v) is 7.38. The first-order valence-corrected chi connectivity index (χ1v) is 10.6. The van der Waals surface area contributed by atoms with Gasteiger partial charge in [-0.05, 0) is 72.6 Å². The second kappa shape index (κ2) is 6.29. The van der Waals surface area contributed by atoms with Gasteiger partial charge in [0.25, 0.3) is 5.91 Å². The number of nitrogens with zero attached hydrogens (tertiary/aromatic N) is 1. The fourth-order valence-electron chi connectivity index (χ4n) is 5.73. The van der Waals surface area contributed by atoms with Crippen molar-refractivity contribution in [2.45, 2.75) is 6.42 Å². The van der Waals surface area contributed by atoms with Crippen molar-refractivity contribution in [2.24, 2.45) is 35.5 Å². The van der Waals surface area contributed by atoms with E-state index in [4.69, 9.17) is 11.6 Å². The van der Waals surface area contributed by atoms with Crippen molar-refractivity contribution in [1.82, 2.24) is 0 Å². The number of rotatable bonds is 3. The predicted octanol–water partition coefficient (Wildman–Crippen LogP) is 4.15. The molecule has 2 aromatic carbocycles. The fourth-order valence-corrected chi connectivity index (χ4v) is 5.86. The summed E-state index contributed by atoms with van der Waals surface area (Å²) in [5, 5.41) is 3.40. The number of hydrogen-bond acceptors (Lipinski definition) is 3. The Morgan fingerprint density at radius 1 is 0.933 bits per heavy atom. The average Bonchev–Trinajstić information content (AvgIpc) is 3.53. The van der Waals surface area contributed by atoms with Crippen LogP contribution in [0.2, 0.25) is 5.02 Å². The molecule has 5 aliphatic rings. The Bertz CT molecular complexity index is 1090. The molecule has 0 radical (unpaired) electrons. The van der Waals surface area contributed by atoms with Crippen molar-refractivity contribution in [3.8, 4) is 0 Å². The maximum atomic E-state index is 13.3. The van der Waals surface area contributed by atoms with E-state index in [9.17, 15) is 14.4 Å². The van der Waals surface area contributed by atoms with Gasteiger partial charge in [0, 0.05) is 16.3 Å². The lowest BCUT2D eigenvalue weighted by atomic mass is 9.63. The van der Waals surface area contributed by atoms with E-state index in [1.54, 1.807) is 48.5 Å². The van der Waals surface area contributed by atoms with Crippen LogP contribution in [0, 0.1) is 35.5 Å². The number of imide groups is 1. The largest absolute Gasteiger partial charge is 0.322 e. The summed E-state index contributed by atoms with van der Waals surface area (Å²) in [5.41, 5.74) is 1.48. The zero-order valence-electron chi connectivity index (χ0n) is 16.0. The van der Waals surface area contributed by atoms with Gasteiger partial charge < -0.3 is 5.32 Å². The minimum Gasteiger partial charge on any atom is -0.322 e. The Labute approximate surface area is 178 Å². The first-order chi connectivity index (χ1) is 14.5. The quantitative estimate of drug-likeness (QED) is 0.601. The molecule has 5 nitrogen and oxygen atoms in total. The highest BCUT2D eigenvalue weighted by atomic mass is 35.5. The van der Waals surface area contributed by atoms with Crippen LogP contribution in [0.25, 0.3) is 0 Å². The maximum Gasteiger partial charge on any atom is 0.255 e. The van der Waals surface area contributed by atoms with Crippen molar-refractivity contribution < 1.29 is 14.4 Å². The predicted molar refractivity (Wildman–Crippen MR) is 113 cm³/mol. The highest BCUT2D eigenvalue weighted by Crippen LogP contribution is 2.65. The molecular formula is C24H19ClN2O3. The molecule has 3 amide bonds. The second-order valence-corrected chi connectivity index (χ2v) is 9.11. The Kier molecular flexibility index (Phi) is 3.75. The summed E-state index contributed by atoms with van der Waals surface area (Å²) in [5.74, 6) is 0.453. The summed E-state index contributed by atoms with van der Waals surface area (Å²) in [6, 6.07) is 13.6. The average molecular weight is 419 g/mol. The van der Waals surface area contributed by atoms with E-state index in [1.807, 2.05) is 0 Å². The van der Waals surface area contributed by atoms with E-state index >= 15 is 0 Å². The topological polar surface area (TPSA) is 66.5 Å². The normalized spacial score (nSPS) is 32.8. The molecule has 4 aliphatic carbocycles. The van der Waals surface area contributed by atoms with Gasteiger partial charge in [-0.25, -0.2) is 4.90 Å². The standard InChI is InChI=1S/C24H19ClN2O3/c25-13-4-6-14(7-5-13)26-22(28)12-2-1-3-15(10-12)27-23(29)20-16-8-9-17(19-11-18(16)19)21(20)24(27)30/h1-10,16-21H,11H2,(H,26,28)/t16-,17-,18-,19-,20+,21+/m1/s1. The third kappa shape index (κ3) is 2.51. The van der Waals surface area contributed by atoms with Crippen LogP contribution >= 0.6 is 11.6 Å². The number of carbonyl (C=O) groups excluding carboxylic acids is 3. The summed E-state index contributed by atoms with van der Waals surface area (Å²) >= 11 is 5.89. The van der Waals surface area contributed by atoms with Crippen LogP contribution in [0.1, 0.15) is 16.8 Å². The fraction of sp³-hybridized carbons (Fsp3) is 0.292. The van der Waals surface area contributed by atoms with Crippen LogP contribution in [0.5, 0.6) is 0 Å². The molecule has 2 saturated carbocycles. The minimum absolute atomic E-state index is 0.120. The molecule has 30 heavy (non-hydrogen) atoms. The van der Waals surface area contributed by atoms with E-state index in [2.05, 4.69) is 17.5 Å². The summed E-state index contributed by atoms with van der Waals surface area (Å²) in [6.45, 7) is 0. The van der Waals surface area contributed by atoms with Gasteiger partial charge in [0.15, 0.2) is 0 Å². The van der Waals surface area contributed by atoms with Gasteiger partial charge in [0.05, 0.1) is 17.5 Å². The molecule has 150 valence electrons. The number of carbonyl (C=O) groups is 3.